The Morgan fingerprint density at radius 2 is 1.89 bits per heavy atom. The molecule has 3 nitrogen and oxygen atoms in total. The molecule has 1 N–H and O–H groups in total. The van der Waals surface area contributed by atoms with Crippen LogP contribution in [0.4, 0.5) is 0 Å². The smallest absolute Gasteiger partial charge is 0.125 e. The van der Waals surface area contributed by atoms with Crippen LogP contribution in [0, 0.1) is 0 Å². The summed E-state index contributed by atoms with van der Waals surface area (Å²) >= 11 is 0. The van der Waals surface area contributed by atoms with Crippen LogP contribution >= 0.6 is 0 Å². The van der Waals surface area contributed by atoms with Crippen LogP contribution in [0.2, 0.25) is 0 Å². The molecule has 108 valence electrons. The standard InChI is InChI=1S/C16H27NO2/c1-5-13(4)17(6-2)12-15(18)14-10-8-9-11-16(14)19-7-3/h8-11,13,15,18H,5-7,12H2,1-4H3. The zero-order valence-corrected chi connectivity index (χ0v) is 12.6. The number of nitrogens with zero attached hydrogens (tertiary/aromatic N) is 1. The van der Waals surface area contributed by atoms with Gasteiger partial charge in [0.05, 0.1) is 12.7 Å². The summed E-state index contributed by atoms with van der Waals surface area (Å²) in [6.07, 6.45) is 0.588. The summed E-state index contributed by atoms with van der Waals surface area (Å²) < 4.78 is 5.58. The van der Waals surface area contributed by atoms with Gasteiger partial charge in [-0.15, -0.1) is 0 Å². The molecular weight excluding hydrogens is 238 g/mol. The molecule has 0 saturated carbocycles. The zero-order chi connectivity index (χ0) is 14.3. The van der Waals surface area contributed by atoms with Crippen molar-refractivity contribution in [1.29, 1.82) is 0 Å². The van der Waals surface area contributed by atoms with E-state index in [0.29, 0.717) is 19.2 Å². The van der Waals surface area contributed by atoms with Crippen LogP contribution in [-0.4, -0.2) is 35.7 Å². The lowest BCUT2D eigenvalue weighted by Crippen LogP contribution is -2.36. The summed E-state index contributed by atoms with van der Waals surface area (Å²) in [4.78, 5) is 2.30. The van der Waals surface area contributed by atoms with E-state index >= 15 is 0 Å². The van der Waals surface area contributed by atoms with Crippen molar-refractivity contribution in [2.24, 2.45) is 0 Å². The lowest BCUT2D eigenvalue weighted by molar-refractivity contribution is 0.0911. The Balaban J connectivity index is 2.79. The van der Waals surface area contributed by atoms with Crippen molar-refractivity contribution in [3.05, 3.63) is 29.8 Å². The van der Waals surface area contributed by atoms with Gasteiger partial charge in [0.1, 0.15) is 5.75 Å². The molecule has 0 aliphatic rings. The third-order valence-corrected chi connectivity index (χ3v) is 3.61. The molecule has 0 radical (unpaired) electrons. The van der Waals surface area contributed by atoms with Gasteiger partial charge in [0, 0.05) is 18.2 Å². The first-order chi connectivity index (χ1) is 9.13. The van der Waals surface area contributed by atoms with Gasteiger partial charge in [-0.25, -0.2) is 0 Å². The van der Waals surface area contributed by atoms with E-state index in [1.807, 2.05) is 31.2 Å². The summed E-state index contributed by atoms with van der Waals surface area (Å²) in [6, 6.07) is 8.23. The molecule has 0 saturated heterocycles. The molecule has 3 heteroatoms. The van der Waals surface area contributed by atoms with Crippen LogP contribution in [0.1, 0.15) is 45.8 Å². The summed E-state index contributed by atoms with van der Waals surface area (Å²) in [5, 5.41) is 10.5. The average molecular weight is 265 g/mol. The van der Waals surface area contributed by atoms with E-state index in [9.17, 15) is 5.11 Å². The number of para-hydroxylation sites is 1. The van der Waals surface area contributed by atoms with Crippen molar-refractivity contribution in [2.75, 3.05) is 19.7 Å². The fraction of sp³-hybridized carbons (Fsp3) is 0.625. The number of ether oxygens (including phenoxy) is 1. The molecule has 1 aromatic rings. The second-order valence-corrected chi connectivity index (χ2v) is 4.83. The van der Waals surface area contributed by atoms with Crippen molar-refractivity contribution in [2.45, 2.75) is 46.3 Å². The first-order valence-electron chi connectivity index (χ1n) is 7.27. The Kier molecular flexibility index (Phi) is 6.89. The van der Waals surface area contributed by atoms with E-state index in [4.69, 9.17) is 4.74 Å². The minimum absolute atomic E-state index is 0.485. The minimum Gasteiger partial charge on any atom is -0.493 e. The maximum absolute atomic E-state index is 10.5. The van der Waals surface area contributed by atoms with Gasteiger partial charge in [0.15, 0.2) is 0 Å². The molecule has 1 rings (SSSR count). The molecule has 0 amide bonds. The number of likely N-dealkylation sites (N-methyl/N-ethyl adjacent to an activating group) is 1. The van der Waals surface area contributed by atoms with Gasteiger partial charge in [0.25, 0.3) is 0 Å². The molecule has 0 heterocycles. The van der Waals surface area contributed by atoms with Crippen molar-refractivity contribution in [1.82, 2.24) is 4.90 Å². The maximum Gasteiger partial charge on any atom is 0.125 e. The second kappa shape index (κ2) is 8.18. The lowest BCUT2D eigenvalue weighted by Gasteiger charge is -2.29. The largest absolute Gasteiger partial charge is 0.493 e. The number of rotatable bonds is 8. The first-order valence-corrected chi connectivity index (χ1v) is 7.27. The SMILES string of the molecule is CCOc1ccccc1C(O)CN(CC)C(C)CC. The van der Waals surface area contributed by atoms with Gasteiger partial charge < -0.3 is 9.84 Å². The van der Waals surface area contributed by atoms with E-state index in [-0.39, 0.29) is 0 Å². The topological polar surface area (TPSA) is 32.7 Å². The summed E-state index contributed by atoms with van der Waals surface area (Å²) in [6.45, 7) is 10.7. The Labute approximate surface area is 117 Å². The molecule has 0 aliphatic carbocycles. The first kappa shape index (κ1) is 16.0. The highest BCUT2D eigenvalue weighted by Gasteiger charge is 2.18. The van der Waals surface area contributed by atoms with Crippen molar-refractivity contribution in [3.63, 3.8) is 0 Å². The molecular formula is C16H27NO2. The molecule has 0 bridgehead atoms. The zero-order valence-electron chi connectivity index (χ0n) is 12.6. The normalized spacial score (nSPS) is 14.4. The number of aliphatic hydroxyl groups excluding tert-OH is 1. The quantitative estimate of drug-likeness (QED) is 0.783. The van der Waals surface area contributed by atoms with E-state index < -0.39 is 6.10 Å². The van der Waals surface area contributed by atoms with Crippen LogP contribution < -0.4 is 4.74 Å². The Hall–Kier alpha value is -1.06. The summed E-state index contributed by atoms with van der Waals surface area (Å²) in [5.41, 5.74) is 0.881. The van der Waals surface area contributed by atoms with E-state index in [0.717, 1.165) is 24.3 Å². The molecule has 19 heavy (non-hydrogen) atoms. The molecule has 0 aromatic heterocycles. The molecule has 2 unspecified atom stereocenters. The molecule has 0 spiro atoms. The number of hydrogen-bond donors (Lipinski definition) is 1. The van der Waals surface area contributed by atoms with Gasteiger partial charge in [-0.2, -0.15) is 0 Å². The number of aliphatic hydroxyl groups is 1. The number of hydrogen-bond acceptors (Lipinski definition) is 3. The van der Waals surface area contributed by atoms with Crippen molar-refractivity contribution < 1.29 is 9.84 Å². The van der Waals surface area contributed by atoms with Crippen molar-refractivity contribution >= 4 is 0 Å². The molecule has 2 atom stereocenters. The summed E-state index contributed by atoms with van der Waals surface area (Å²) in [5.74, 6) is 0.790. The predicted molar refractivity (Wildman–Crippen MR) is 79.6 cm³/mol. The Bertz CT molecular complexity index is 368. The van der Waals surface area contributed by atoms with Crippen LogP contribution in [0.15, 0.2) is 24.3 Å². The Morgan fingerprint density at radius 1 is 1.21 bits per heavy atom. The van der Waals surface area contributed by atoms with Gasteiger partial charge in [0.2, 0.25) is 0 Å². The number of benzene rings is 1. The third-order valence-electron chi connectivity index (χ3n) is 3.61. The lowest BCUT2D eigenvalue weighted by atomic mass is 10.1. The highest BCUT2D eigenvalue weighted by Crippen LogP contribution is 2.26. The molecule has 0 fully saturated rings. The van der Waals surface area contributed by atoms with Gasteiger partial charge >= 0.3 is 0 Å². The van der Waals surface area contributed by atoms with Crippen LogP contribution in [0.3, 0.4) is 0 Å². The van der Waals surface area contributed by atoms with Crippen LogP contribution in [0.25, 0.3) is 0 Å². The highest BCUT2D eigenvalue weighted by molar-refractivity contribution is 5.35. The minimum atomic E-state index is -0.503. The fourth-order valence-electron chi connectivity index (χ4n) is 2.24. The van der Waals surface area contributed by atoms with Gasteiger partial charge in [-0.3, -0.25) is 4.90 Å². The van der Waals surface area contributed by atoms with Crippen molar-refractivity contribution in [3.8, 4) is 5.75 Å². The van der Waals surface area contributed by atoms with E-state index in [2.05, 4.69) is 25.7 Å². The van der Waals surface area contributed by atoms with Gasteiger partial charge in [-0.05, 0) is 32.9 Å². The monoisotopic (exact) mass is 265 g/mol. The predicted octanol–water partition coefficient (Wildman–Crippen LogP) is 3.24. The van der Waals surface area contributed by atoms with E-state index in [1.54, 1.807) is 0 Å². The highest BCUT2D eigenvalue weighted by atomic mass is 16.5. The Morgan fingerprint density at radius 3 is 2.47 bits per heavy atom. The van der Waals surface area contributed by atoms with Gasteiger partial charge in [-0.1, -0.05) is 32.0 Å². The second-order valence-electron chi connectivity index (χ2n) is 4.83. The molecule has 1 aromatic carbocycles. The summed E-state index contributed by atoms with van der Waals surface area (Å²) in [7, 11) is 0. The van der Waals surface area contributed by atoms with Crippen LogP contribution in [0.5, 0.6) is 5.75 Å². The average Bonchev–Trinajstić information content (AvgIpc) is 2.44. The maximum atomic E-state index is 10.5. The third kappa shape index (κ3) is 4.51. The fourth-order valence-corrected chi connectivity index (χ4v) is 2.24. The van der Waals surface area contributed by atoms with E-state index in [1.165, 1.54) is 0 Å². The van der Waals surface area contributed by atoms with Crippen LogP contribution in [-0.2, 0) is 0 Å². The molecule has 0 aliphatic heterocycles.